The normalized spacial score (nSPS) is 18.7. The van der Waals surface area contributed by atoms with Crippen LogP contribution in [0, 0.1) is 5.82 Å². The predicted molar refractivity (Wildman–Crippen MR) is 115 cm³/mol. The van der Waals surface area contributed by atoms with Crippen LogP contribution in [0.15, 0.2) is 51.7 Å². The average Bonchev–Trinajstić information content (AvgIpc) is 3.22. The number of hydrogen-bond donors (Lipinski definition) is 3. The molecule has 10 nitrogen and oxygen atoms in total. The van der Waals surface area contributed by atoms with Crippen LogP contribution in [0.1, 0.15) is 18.4 Å². The van der Waals surface area contributed by atoms with Gasteiger partial charge in [-0.15, -0.1) is 0 Å². The van der Waals surface area contributed by atoms with Gasteiger partial charge in [-0.3, -0.25) is 10.2 Å². The zero-order valence-electron chi connectivity index (χ0n) is 16.1. The van der Waals surface area contributed by atoms with Gasteiger partial charge in [-0.05, 0) is 25.0 Å². The highest BCUT2D eigenvalue weighted by Crippen LogP contribution is 2.31. The van der Waals surface area contributed by atoms with Crippen LogP contribution in [-0.4, -0.2) is 43.5 Å². The molecule has 12 heteroatoms. The highest BCUT2D eigenvalue weighted by Gasteiger charge is 2.36. The van der Waals surface area contributed by atoms with E-state index in [4.69, 9.17) is 17.3 Å². The number of halogens is 2. The third-order valence-corrected chi connectivity index (χ3v) is 5.33. The van der Waals surface area contributed by atoms with Gasteiger partial charge in [0.15, 0.2) is 17.3 Å². The molecule has 0 spiro atoms. The number of hydrogen-bond acceptors (Lipinski definition) is 9. The molecule has 0 saturated carbocycles. The van der Waals surface area contributed by atoms with Gasteiger partial charge in [0.05, 0.1) is 12.5 Å². The van der Waals surface area contributed by atoms with Crippen LogP contribution in [0.3, 0.4) is 0 Å². The molecule has 2 aliphatic rings. The van der Waals surface area contributed by atoms with E-state index in [1.807, 2.05) is 4.90 Å². The minimum atomic E-state index is -0.388. The number of nitrogen functional groups attached to an aromatic ring is 1. The Labute approximate surface area is 180 Å². The molecule has 0 bridgehead atoms. The zero-order valence-corrected chi connectivity index (χ0v) is 16.8. The van der Waals surface area contributed by atoms with Crippen molar-refractivity contribution in [3.05, 3.63) is 63.7 Å². The number of nitrogens with one attached hydrogen (secondary N) is 2. The molecule has 0 radical (unpaired) electrons. The van der Waals surface area contributed by atoms with Crippen LogP contribution < -0.4 is 21.6 Å². The first-order valence-electron chi connectivity index (χ1n) is 9.54. The summed E-state index contributed by atoms with van der Waals surface area (Å²) in [6, 6.07) is 6.10. The van der Waals surface area contributed by atoms with Gasteiger partial charge in [0.1, 0.15) is 22.5 Å². The summed E-state index contributed by atoms with van der Waals surface area (Å²) in [5, 5.41) is 2.26. The van der Waals surface area contributed by atoms with Gasteiger partial charge in [0.2, 0.25) is 5.95 Å². The molecule has 158 valence electrons. The Morgan fingerprint density at radius 1 is 1.29 bits per heavy atom. The predicted octanol–water partition coefficient (Wildman–Crippen LogP) is 1.67. The number of amidine groups is 1. The number of H-pyrrole nitrogens is 1. The Kier molecular flexibility index (Phi) is 4.66. The number of aromatic nitrogens is 4. The maximum atomic E-state index is 13.9. The number of rotatable bonds is 3. The molecule has 4 N–H and O–H groups in total. The maximum absolute atomic E-state index is 13.9. The van der Waals surface area contributed by atoms with Crippen molar-refractivity contribution in [3.8, 4) is 0 Å². The number of fused-ring (bicyclic) bond motifs is 1. The van der Waals surface area contributed by atoms with Crippen LogP contribution in [0.4, 0.5) is 16.2 Å². The van der Waals surface area contributed by atoms with Gasteiger partial charge in [-0.1, -0.05) is 23.7 Å². The molecule has 1 fully saturated rings. The lowest BCUT2D eigenvalue weighted by atomic mass is 10.1. The van der Waals surface area contributed by atoms with Crippen LogP contribution in [0.5, 0.6) is 0 Å². The van der Waals surface area contributed by atoms with Crippen LogP contribution in [0.25, 0.3) is 11.0 Å². The molecule has 0 unspecified atom stereocenters. The summed E-state index contributed by atoms with van der Waals surface area (Å²) in [4.78, 5) is 34.0. The third-order valence-electron chi connectivity index (χ3n) is 5.14. The van der Waals surface area contributed by atoms with Gasteiger partial charge in [-0.2, -0.15) is 9.97 Å². The molecule has 3 aromatic rings. The number of hydrazine groups is 1. The first-order chi connectivity index (χ1) is 15.0. The van der Waals surface area contributed by atoms with E-state index in [-0.39, 0.29) is 39.7 Å². The molecule has 5 rings (SSSR count). The summed E-state index contributed by atoms with van der Waals surface area (Å²) in [7, 11) is 0. The molecule has 0 amide bonds. The largest absolute Gasteiger partial charge is 0.368 e. The standard InChI is InChI=1S/C19H17ClFN9O/c20-12-8-25-30(16(26-12)10-3-1-4-11(21)7-10)13-5-2-6-29(13)17-14-15(27-19(22)28-17)23-9-24-18(14)31/h1,3-4,7-9,13,25H,2,5-6H2,(H3,22,23,24,27,28,31)/t13-/m0/s1. The van der Waals surface area contributed by atoms with Gasteiger partial charge < -0.3 is 15.6 Å². The van der Waals surface area contributed by atoms with E-state index in [1.54, 1.807) is 23.3 Å². The van der Waals surface area contributed by atoms with E-state index in [1.165, 1.54) is 18.5 Å². The van der Waals surface area contributed by atoms with Crippen molar-refractivity contribution in [2.45, 2.75) is 19.0 Å². The quantitative estimate of drug-likeness (QED) is 0.523. The number of aliphatic imine (C=N–C) groups is 1. The number of nitrogens with zero attached hydrogens (tertiary/aromatic N) is 6. The molecule has 2 aliphatic heterocycles. The van der Waals surface area contributed by atoms with Crippen molar-refractivity contribution < 1.29 is 4.39 Å². The number of nitrogens with two attached hydrogens (primary N) is 1. The van der Waals surface area contributed by atoms with Crippen LogP contribution >= 0.6 is 11.6 Å². The summed E-state index contributed by atoms with van der Waals surface area (Å²) in [6.07, 6.45) is 4.05. The fraction of sp³-hybridized carbons (Fsp3) is 0.211. The van der Waals surface area contributed by atoms with Crippen molar-refractivity contribution in [2.75, 3.05) is 17.2 Å². The Balaban J connectivity index is 1.61. The molecule has 31 heavy (non-hydrogen) atoms. The topological polar surface area (TPSA) is 128 Å². The van der Waals surface area contributed by atoms with Crippen molar-refractivity contribution >= 4 is 40.2 Å². The molecule has 1 atom stereocenters. The Bertz CT molecular complexity index is 1290. The van der Waals surface area contributed by atoms with E-state index < -0.39 is 0 Å². The van der Waals surface area contributed by atoms with Gasteiger partial charge in [0.25, 0.3) is 5.56 Å². The van der Waals surface area contributed by atoms with E-state index in [2.05, 4.69) is 30.4 Å². The average molecular weight is 442 g/mol. The molecular formula is C19H17ClFN9O. The Hall–Kier alpha value is -3.73. The summed E-state index contributed by atoms with van der Waals surface area (Å²) < 4.78 is 13.9. The molecule has 4 heterocycles. The first kappa shape index (κ1) is 19.2. The van der Waals surface area contributed by atoms with Gasteiger partial charge in [0, 0.05) is 12.1 Å². The van der Waals surface area contributed by atoms with Crippen molar-refractivity contribution in [2.24, 2.45) is 4.99 Å². The number of benzene rings is 1. The van der Waals surface area contributed by atoms with Gasteiger partial charge >= 0.3 is 0 Å². The summed E-state index contributed by atoms with van der Waals surface area (Å²) in [5.74, 6) is 0.448. The second-order valence-corrected chi connectivity index (χ2v) is 7.45. The van der Waals surface area contributed by atoms with E-state index in [0.717, 1.165) is 12.8 Å². The monoisotopic (exact) mass is 441 g/mol. The second kappa shape index (κ2) is 7.51. The number of aromatic amines is 1. The highest BCUT2D eigenvalue weighted by molar-refractivity contribution is 6.30. The lowest BCUT2D eigenvalue weighted by Gasteiger charge is -2.38. The van der Waals surface area contributed by atoms with Crippen molar-refractivity contribution in [3.63, 3.8) is 0 Å². The molecule has 2 aromatic heterocycles. The highest BCUT2D eigenvalue weighted by atomic mass is 35.5. The lowest BCUT2D eigenvalue weighted by molar-refractivity contribution is 0.263. The summed E-state index contributed by atoms with van der Waals surface area (Å²) in [5.41, 5.74) is 9.43. The van der Waals surface area contributed by atoms with Crippen molar-refractivity contribution in [1.29, 1.82) is 0 Å². The van der Waals surface area contributed by atoms with Crippen molar-refractivity contribution in [1.82, 2.24) is 30.4 Å². The van der Waals surface area contributed by atoms with Gasteiger partial charge in [-0.25, -0.2) is 19.4 Å². The Morgan fingerprint density at radius 3 is 3.00 bits per heavy atom. The van der Waals surface area contributed by atoms with Crippen LogP contribution in [-0.2, 0) is 0 Å². The van der Waals surface area contributed by atoms with Crippen LogP contribution in [0.2, 0.25) is 0 Å². The molecule has 0 aliphatic carbocycles. The zero-order chi connectivity index (χ0) is 21.5. The van der Waals surface area contributed by atoms with E-state index in [0.29, 0.717) is 23.8 Å². The first-order valence-corrected chi connectivity index (χ1v) is 9.92. The Morgan fingerprint density at radius 2 is 2.16 bits per heavy atom. The molecule has 1 saturated heterocycles. The van der Waals surface area contributed by atoms with E-state index >= 15 is 0 Å². The third kappa shape index (κ3) is 3.42. The minimum Gasteiger partial charge on any atom is -0.368 e. The van der Waals surface area contributed by atoms with E-state index in [9.17, 15) is 9.18 Å². The smallest absolute Gasteiger partial charge is 0.263 e. The fourth-order valence-corrected chi connectivity index (χ4v) is 4.01. The SMILES string of the molecule is Nc1nc(N2CCC[C@@H]2N2NC=C(Cl)N=C2c2cccc(F)c2)c2c(=O)[nH]cnc2n1. The maximum Gasteiger partial charge on any atom is 0.263 e. The minimum absolute atomic E-state index is 0.0137. The number of anilines is 2. The molecular weight excluding hydrogens is 425 g/mol. The summed E-state index contributed by atoms with van der Waals surface area (Å²) >= 11 is 6.13. The molecule has 1 aromatic carbocycles. The summed E-state index contributed by atoms with van der Waals surface area (Å²) in [6.45, 7) is 0.608. The fourth-order valence-electron chi connectivity index (χ4n) is 3.88. The second-order valence-electron chi connectivity index (χ2n) is 7.06. The lowest BCUT2D eigenvalue weighted by Crippen LogP contribution is -2.55.